The number of H-pyrrole nitrogens is 1. The second-order valence-electron chi connectivity index (χ2n) is 7.93. The second kappa shape index (κ2) is 10.5. The summed E-state index contributed by atoms with van der Waals surface area (Å²) in [6, 6.07) is 12.5. The van der Waals surface area contributed by atoms with Crippen molar-refractivity contribution in [3.63, 3.8) is 0 Å². The van der Waals surface area contributed by atoms with E-state index in [-0.39, 0.29) is 22.3 Å². The van der Waals surface area contributed by atoms with Gasteiger partial charge in [0, 0.05) is 29.9 Å². The van der Waals surface area contributed by atoms with Crippen molar-refractivity contribution in [3.05, 3.63) is 64.6 Å². The first-order valence-corrected chi connectivity index (χ1v) is 11.9. The van der Waals surface area contributed by atoms with Gasteiger partial charge in [0.1, 0.15) is 11.6 Å². The van der Waals surface area contributed by atoms with Crippen LogP contribution >= 0.6 is 0 Å². The van der Waals surface area contributed by atoms with Crippen molar-refractivity contribution in [1.29, 1.82) is 0 Å². The van der Waals surface area contributed by atoms with Crippen LogP contribution < -0.4 is 21.1 Å². The van der Waals surface area contributed by atoms with Crippen LogP contribution in [-0.2, 0) is 15.0 Å². The normalized spacial score (nSPS) is 15.4. The molecule has 1 atom stereocenters. The second-order valence-corrected chi connectivity index (χ2v) is 9.01. The maximum Gasteiger partial charge on any atom is 0.324 e. The fourth-order valence-corrected chi connectivity index (χ4v) is 3.83. The number of nitrogens with one attached hydrogen (secondary N) is 3. The van der Waals surface area contributed by atoms with E-state index in [1.165, 1.54) is 19.1 Å². The summed E-state index contributed by atoms with van der Waals surface area (Å²) >= 11 is 0. The van der Waals surface area contributed by atoms with Crippen LogP contribution in [0.2, 0.25) is 0 Å². The van der Waals surface area contributed by atoms with Gasteiger partial charge in [-0.25, -0.2) is 14.8 Å². The van der Waals surface area contributed by atoms with Crippen molar-refractivity contribution in [3.8, 4) is 11.4 Å². The third kappa shape index (κ3) is 5.91. The van der Waals surface area contributed by atoms with Crippen LogP contribution in [0.15, 0.2) is 53.3 Å². The fourth-order valence-electron chi connectivity index (χ4n) is 3.55. The molecule has 0 unspecified atom stereocenters. The lowest BCUT2D eigenvalue weighted by Crippen LogP contribution is -2.44. The fraction of sp³-hybridized carbons (Fsp3) is 0.261. The van der Waals surface area contributed by atoms with Gasteiger partial charge >= 0.3 is 6.03 Å². The van der Waals surface area contributed by atoms with Gasteiger partial charge in [-0.3, -0.25) is 10.1 Å². The van der Waals surface area contributed by atoms with Crippen molar-refractivity contribution < 1.29 is 17.9 Å². The topological polar surface area (TPSA) is 146 Å². The zero-order chi connectivity index (χ0) is 24.9. The average Bonchev–Trinajstić information content (AvgIpc) is 2.84. The first-order chi connectivity index (χ1) is 16.8. The van der Waals surface area contributed by atoms with Crippen molar-refractivity contribution in [1.82, 2.24) is 15.0 Å². The Kier molecular flexibility index (Phi) is 7.22. The molecule has 0 bridgehead atoms. The Bertz CT molecular complexity index is 1430. The molecule has 1 saturated heterocycles. The SMILES string of the molecule is CC(c1cc(N2CCOC[C@@H]2C)nc(-c2ccc(NC(=O)Nc3cccc(=O)[nH]3)cc2)n1)=S(=O)=O. The molecule has 2 aromatic heterocycles. The van der Waals surface area contributed by atoms with Crippen LogP contribution in [0.25, 0.3) is 11.4 Å². The van der Waals surface area contributed by atoms with Gasteiger partial charge in [-0.2, -0.15) is 8.42 Å². The van der Waals surface area contributed by atoms with Gasteiger partial charge in [-0.15, -0.1) is 0 Å². The number of benzene rings is 1. The first-order valence-electron chi connectivity index (χ1n) is 10.8. The summed E-state index contributed by atoms with van der Waals surface area (Å²) in [6.07, 6.45) is 0. The standard InChI is InChI=1S/C23H24N6O5S/c1-14-13-34-11-10-29(14)20-12-18(15(2)35(32)33)25-22(28-20)16-6-8-17(9-7-16)24-23(31)27-19-4-3-5-21(30)26-19/h3-9,12,14H,10-11,13H2,1-2H3,(H3,24,26,27,30,31)/t14-/m0/s1. The highest BCUT2D eigenvalue weighted by Crippen LogP contribution is 2.24. The number of anilines is 3. The Morgan fingerprint density at radius 2 is 1.91 bits per heavy atom. The van der Waals surface area contributed by atoms with E-state index >= 15 is 0 Å². The largest absolute Gasteiger partial charge is 0.377 e. The van der Waals surface area contributed by atoms with Crippen LogP contribution in [0.1, 0.15) is 19.5 Å². The predicted molar refractivity (Wildman–Crippen MR) is 134 cm³/mol. The van der Waals surface area contributed by atoms with E-state index in [9.17, 15) is 18.0 Å². The van der Waals surface area contributed by atoms with Crippen LogP contribution in [0.4, 0.5) is 22.1 Å². The lowest BCUT2D eigenvalue weighted by molar-refractivity contribution is 0.0985. The number of carbonyl (C=O) groups is 1. The molecule has 1 aliphatic heterocycles. The molecule has 0 spiro atoms. The molecule has 182 valence electrons. The molecule has 35 heavy (non-hydrogen) atoms. The van der Waals surface area contributed by atoms with Crippen LogP contribution in [0.3, 0.4) is 0 Å². The summed E-state index contributed by atoms with van der Waals surface area (Å²) in [5.41, 5.74) is 1.15. The molecule has 11 nitrogen and oxygen atoms in total. The number of hydrogen-bond donors (Lipinski definition) is 3. The lowest BCUT2D eigenvalue weighted by atomic mass is 10.1. The number of hydrogen-bond acceptors (Lipinski definition) is 8. The van der Waals surface area contributed by atoms with Crippen molar-refractivity contribution in [2.24, 2.45) is 0 Å². The molecule has 1 fully saturated rings. The highest BCUT2D eigenvalue weighted by Gasteiger charge is 2.22. The maximum atomic E-state index is 12.2. The average molecular weight is 497 g/mol. The number of nitrogens with zero attached hydrogens (tertiary/aromatic N) is 3. The van der Waals surface area contributed by atoms with Crippen LogP contribution in [0.5, 0.6) is 0 Å². The number of rotatable bonds is 5. The van der Waals surface area contributed by atoms with Gasteiger partial charge < -0.3 is 19.9 Å². The first kappa shape index (κ1) is 24.1. The van der Waals surface area contributed by atoms with E-state index < -0.39 is 16.3 Å². The number of aromatic amines is 1. The molecule has 2 amide bonds. The third-order valence-corrected chi connectivity index (χ3v) is 6.11. The highest BCUT2D eigenvalue weighted by atomic mass is 32.2. The van der Waals surface area contributed by atoms with E-state index in [4.69, 9.17) is 4.74 Å². The van der Waals surface area contributed by atoms with Gasteiger partial charge in [0.05, 0.1) is 29.8 Å². The van der Waals surface area contributed by atoms with Crippen molar-refractivity contribution in [2.45, 2.75) is 19.9 Å². The number of aromatic nitrogens is 3. The molecule has 4 rings (SSSR count). The number of urea groups is 1. The number of morpholine rings is 1. The summed E-state index contributed by atoms with van der Waals surface area (Å²) < 4.78 is 28.7. The molecule has 3 aromatic rings. The maximum absolute atomic E-state index is 12.2. The Hall–Kier alpha value is -4.03. The Labute approximate surface area is 202 Å². The minimum absolute atomic E-state index is 0.0713. The molecule has 3 N–H and O–H groups in total. The number of amides is 2. The monoisotopic (exact) mass is 496 g/mol. The molecule has 1 aliphatic rings. The minimum Gasteiger partial charge on any atom is -0.377 e. The third-order valence-electron chi connectivity index (χ3n) is 5.40. The lowest BCUT2D eigenvalue weighted by Gasteiger charge is -2.34. The number of pyridine rings is 1. The molecule has 12 heteroatoms. The summed E-state index contributed by atoms with van der Waals surface area (Å²) in [6.45, 7) is 5.23. The highest BCUT2D eigenvalue weighted by molar-refractivity contribution is 7.73. The zero-order valence-corrected chi connectivity index (χ0v) is 19.9. The molecular weight excluding hydrogens is 472 g/mol. The van der Waals surface area contributed by atoms with E-state index in [0.29, 0.717) is 48.3 Å². The summed E-state index contributed by atoms with van der Waals surface area (Å²) in [5, 5.41) is 5.23. The number of carbonyl (C=O) groups excluding carboxylic acids is 1. The summed E-state index contributed by atoms with van der Waals surface area (Å²) in [4.78, 5) is 37.4. The Morgan fingerprint density at radius 3 is 2.60 bits per heavy atom. The van der Waals surface area contributed by atoms with E-state index in [1.54, 1.807) is 36.4 Å². The molecule has 0 radical (unpaired) electrons. The van der Waals surface area contributed by atoms with Gasteiger partial charge in [0.2, 0.25) is 15.9 Å². The molecular formula is C23H24N6O5S. The minimum atomic E-state index is -2.42. The van der Waals surface area contributed by atoms with Gasteiger partial charge in [0.25, 0.3) is 0 Å². The molecule has 3 heterocycles. The van der Waals surface area contributed by atoms with Crippen molar-refractivity contribution in [2.75, 3.05) is 35.3 Å². The predicted octanol–water partition coefficient (Wildman–Crippen LogP) is 2.12. The van der Waals surface area contributed by atoms with Gasteiger partial charge in [-0.1, -0.05) is 6.07 Å². The van der Waals surface area contributed by atoms with E-state index in [0.717, 1.165) is 0 Å². The molecule has 0 saturated carbocycles. The van der Waals surface area contributed by atoms with Gasteiger partial charge in [-0.05, 0) is 44.2 Å². The van der Waals surface area contributed by atoms with Crippen LogP contribution in [-0.4, -0.2) is 60.1 Å². The summed E-state index contributed by atoms with van der Waals surface area (Å²) in [7, 11) is -2.42. The van der Waals surface area contributed by atoms with E-state index in [2.05, 4.69) is 30.5 Å². The summed E-state index contributed by atoms with van der Waals surface area (Å²) in [5.74, 6) is 1.24. The smallest absolute Gasteiger partial charge is 0.324 e. The van der Waals surface area contributed by atoms with Gasteiger partial charge in [0.15, 0.2) is 5.82 Å². The Balaban J connectivity index is 1.59. The Morgan fingerprint density at radius 1 is 1.14 bits per heavy atom. The molecule has 1 aromatic carbocycles. The van der Waals surface area contributed by atoms with E-state index in [1.807, 2.05) is 6.92 Å². The van der Waals surface area contributed by atoms with Crippen LogP contribution in [0, 0.1) is 0 Å². The molecule has 0 aliphatic carbocycles. The van der Waals surface area contributed by atoms with Crippen molar-refractivity contribution >= 4 is 38.5 Å². The quantitative estimate of drug-likeness (QED) is 0.360. The number of ether oxygens (including phenoxy) is 1. The zero-order valence-electron chi connectivity index (χ0n) is 19.1.